The molecule has 5 heteroatoms. The molecule has 0 aliphatic rings. The number of pyridine rings is 1. The fourth-order valence-electron chi connectivity index (χ4n) is 1.79. The molecule has 17 heavy (non-hydrogen) atoms. The van der Waals surface area contributed by atoms with Crippen molar-refractivity contribution in [3.63, 3.8) is 0 Å². The average Bonchev–Trinajstić information content (AvgIpc) is 2.94. The molecule has 0 fully saturated rings. The SMILES string of the molecule is COc1cccc2cnc(-c3ccc(Cl)s3)n12. The van der Waals surface area contributed by atoms with Gasteiger partial charge in [0.25, 0.3) is 0 Å². The molecular weight excluding hydrogens is 256 g/mol. The van der Waals surface area contributed by atoms with Crippen LogP contribution in [0.5, 0.6) is 5.88 Å². The molecular formula is C12H9ClN2OS. The van der Waals surface area contributed by atoms with Gasteiger partial charge < -0.3 is 4.74 Å². The molecule has 86 valence electrons. The van der Waals surface area contributed by atoms with Crippen LogP contribution in [0.25, 0.3) is 16.2 Å². The standard InChI is InChI=1S/C12H9ClN2OS/c1-16-11-4-2-3-8-7-14-12(15(8)11)9-5-6-10(13)17-9/h2-7H,1H3. The number of rotatable bonds is 2. The van der Waals surface area contributed by atoms with E-state index in [1.807, 2.05) is 40.9 Å². The monoisotopic (exact) mass is 264 g/mol. The molecule has 0 spiro atoms. The van der Waals surface area contributed by atoms with Crippen molar-refractivity contribution in [1.29, 1.82) is 0 Å². The van der Waals surface area contributed by atoms with Crippen LogP contribution in [0.15, 0.2) is 36.5 Å². The molecule has 0 aliphatic heterocycles. The Morgan fingerprint density at radius 1 is 1.29 bits per heavy atom. The smallest absolute Gasteiger partial charge is 0.199 e. The zero-order valence-electron chi connectivity index (χ0n) is 9.05. The van der Waals surface area contributed by atoms with E-state index in [9.17, 15) is 0 Å². The quantitative estimate of drug-likeness (QED) is 0.705. The Hall–Kier alpha value is -1.52. The summed E-state index contributed by atoms with van der Waals surface area (Å²) in [6.45, 7) is 0. The number of methoxy groups -OCH3 is 1. The van der Waals surface area contributed by atoms with E-state index in [2.05, 4.69) is 4.98 Å². The van der Waals surface area contributed by atoms with Crippen molar-refractivity contribution in [2.75, 3.05) is 7.11 Å². The van der Waals surface area contributed by atoms with Crippen molar-refractivity contribution in [3.8, 4) is 16.6 Å². The molecule has 0 aromatic carbocycles. The van der Waals surface area contributed by atoms with E-state index in [1.54, 1.807) is 7.11 Å². The van der Waals surface area contributed by atoms with Crippen LogP contribution in [-0.4, -0.2) is 16.5 Å². The van der Waals surface area contributed by atoms with Crippen LogP contribution >= 0.6 is 22.9 Å². The lowest BCUT2D eigenvalue weighted by molar-refractivity contribution is 0.393. The van der Waals surface area contributed by atoms with E-state index in [4.69, 9.17) is 16.3 Å². The van der Waals surface area contributed by atoms with Gasteiger partial charge in [0.15, 0.2) is 11.7 Å². The fourth-order valence-corrected chi connectivity index (χ4v) is 2.82. The summed E-state index contributed by atoms with van der Waals surface area (Å²) in [6, 6.07) is 9.69. The minimum Gasteiger partial charge on any atom is -0.482 e. The summed E-state index contributed by atoms with van der Waals surface area (Å²) >= 11 is 7.46. The van der Waals surface area contributed by atoms with Crippen LogP contribution < -0.4 is 4.74 Å². The first-order valence-electron chi connectivity index (χ1n) is 5.06. The van der Waals surface area contributed by atoms with Gasteiger partial charge in [-0.3, -0.25) is 4.40 Å². The van der Waals surface area contributed by atoms with Crippen LogP contribution in [0.2, 0.25) is 4.34 Å². The van der Waals surface area contributed by atoms with Gasteiger partial charge in [0.1, 0.15) is 0 Å². The maximum atomic E-state index is 5.95. The highest BCUT2D eigenvalue weighted by Crippen LogP contribution is 2.32. The molecule has 0 radical (unpaired) electrons. The molecule has 0 unspecified atom stereocenters. The topological polar surface area (TPSA) is 26.5 Å². The van der Waals surface area contributed by atoms with E-state index in [0.29, 0.717) is 0 Å². The van der Waals surface area contributed by atoms with Crippen LogP contribution in [0.3, 0.4) is 0 Å². The molecule has 0 saturated heterocycles. The summed E-state index contributed by atoms with van der Waals surface area (Å²) in [4.78, 5) is 5.45. The van der Waals surface area contributed by atoms with E-state index >= 15 is 0 Å². The van der Waals surface area contributed by atoms with E-state index in [1.165, 1.54) is 11.3 Å². The Labute approximate surface area is 107 Å². The van der Waals surface area contributed by atoms with Crippen LogP contribution in [0.1, 0.15) is 0 Å². The molecule has 0 amide bonds. The Kier molecular flexibility index (Phi) is 2.53. The number of aromatic nitrogens is 2. The lowest BCUT2D eigenvalue weighted by Gasteiger charge is -2.05. The average molecular weight is 265 g/mol. The predicted molar refractivity (Wildman–Crippen MR) is 70.1 cm³/mol. The Bertz CT molecular complexity index is 674. The summed E-state index contributed by atoms with van der Waals surface area (Å²) in [7, 11) is 1.65. The second kappa shape index (κ2) is 4.05. The Morgan fingerprint density at radius 3 is 2.88 bits per heavy atom. The maximum absolute atomic E-state index is 5.95. The lowest BCUT2D eigenvalue weighted by Crippen LogP contribution is -1.94. The molecule has 3 nitrogen and oxygen atoms in total. The first kappa shape index (κ1) is 10.6. The van der Waals surface area contributed by atoms with Crippen molar-refractivity contribution in [2.24, 2.45) is 0 Å². The van der Waals surface area contributed by atoms with Crippen molar-refractivity contribution in [3.05, 3.63) is 40.9 Å². The number of halogens is 1. The van der Waals surface area contributed by atoms with E-state index in [-0.39, 0.29) is 0 Å². The minimum atomic E-state index is 0.756. The highest BCUT2D eigenvalue weighted by atomic mass is 35.5. The van der Waals surface area contributed by atoms with Gasteiger partial charge in [0, 0.05) is 0 Å². The van der Waals surface area contributed by atoms with Crippen molar-refractivity contribution in [1.82, 2.24) is 9.38 Å². The van der Waals surface area contributed by atoms with Crippen molar-refractivity contribution >= 4 is 28.5 Å². The highest BCUT2D eigenvalue weighted by Gasteiger charge is 2.11. The fraction of sp³-hybridized carbons (Fsp3) is 0.0833. The zero-order chi connectivity index (χ0) is 11.8. The molecule has 0 bridgehead atoms. The van der Waals surface area contributed by atoms with Crippen molar-refractivity contribution in [2.45, 2.75) is 0 Å². The first-order chi connectivity index (χ1) is 8.29. The number of thiophene rings is 1. The third kappa shape index (κ3) is 1.69. The van der Waals surface area contributed by atoms with E-state index in [0.717, 1.165) is 26.4 Å². The van der Waals surface area contributed by atoms with Gasteiger partial charge in [-0.05, 0) is 24.3 Å². The van der Waals surface area contributed by atoms with Crippen molar-refractivity contribution < 1.29 is 4.74 Å². The highest BCUT2D eigenvalue weighted by molar-refractivity contribution is 7.19. The normalized spacial score (nSPS) is 10.9. The molecule has 3 rings (SSSR count). The third-order valence-corrected chi connectivity index (χ3v) is 3.75. The second-order valence-corrected chi connectivity index (χ2v) is 5.23. The molecule has 0 aliphatic carbocycles. The summed E-state index contributed by atoms with van der Waals surface area (Å²) in [5.41, 5.74) is 1.00. The third-order valence-electron chi connectivity index (χ3n) is 2.52. The number of hydrogen-bond acceptors (Lipinski definition) is 3. The van der Waals surface area contributed by atoms with Gasteiger partial charge in [0.2, 0.25) is 0 Å². The van der Waals surface area contributed by atoms with Gasteiger partial charge in [-0.25, -0.2) is 4.98 Å². The maximum Gasteiger partial charge on any atom is 0.199 e. The number of hydrogen-bond donors (Lipinski definition) is 0. The Morgan fingerprint density at radius 2 is 2.18 bits per heavy atom. The van der Waals surface area contributed by atoms with Gasteiger partial charge in [-0.1, -0.05) is 17.7 Å². The number of imidazole rings is 1. The first-order valence-corrected chi connectivity index (χ1v) is 6.25. The summed E-state index contributed by atoms with van der Waals surface area (Å²) in [5, 5.41) is 0. The number of fused-ring (bicyclic) bond motifs is 1. The van der Waals surface area contributed by atoms with Gasteiger partial charge >= 0.3 is 0 Å². The largest absolute Gasteiger partial charge is 0.482 e. The van der Waals surface area contributed by atoms with Crippen LogP contribution in [0.4, 0.5) is 0 Å². The predicted octanol–water partition coefficient (Wildman–Crippen LogP) is 3.72. The summed E-state index contributed by atoms with van der Waals surface area (Å²) < 4.78 is 8.08. The second-order valence-electron chi connectivity index (χ2n) is 3.51. The molecule has 3 aromatic heterocycles. The van der Waals surface area contributed by atoms with Gasteiger partial charge in [-0.2, -0.15) is 0 Å². The zero-order valence-corrected chi connectivity index (χ0v) is 10.6. The number of ether oxygens (including phenoxy) is 1. The molecule has 0 atom stereocenters. The van der Waals surface area contributed by atoms with Crippen LogP contribution in [0, 0.1) is 0 Å². The van der Waals surface area contributed by atoms with Crippen LogP contribution in [-0.2, 0) is 0 Å². The Balaban J connectivity index is 2.30. The molecule has 0 saturated carbocycles. The van der Waals surface area contributed by atoms with E-state index < -0.39 is 0 Å². The number of nitrogens with zero attached hydrogens (tertiary/aromatic N) is 2. The summed E-state index contributed by atoms with van der Waals surface area (Å²) in [6.07, 6.45) is 1.82. The summed E-state index contributed by atoms with van der Waals surface area (Å²) in [5.74, 6) is 1.62. The molecule has 0 N–H and O–H groups in total. The molecule has 3 aromatic rings. The lowest BCUT2D eigenvalue weighted by atomic mass is 10.4. The van der Waals surface area contributed by atoms with Gasteiger partial charge in [0.05, 0.1) is 28.0 Å². The van der Waals surface area contributed by atoms with Gasteiger partial charge in [-0.15, -0.1) is 11.3 Å². The minimum absolute atomic E-state index is 0.756. The molecule has 3 heterocycles.